The SMILES string of the molecule is CC(C)C1CNC(C2CC2)CN1C1CC=CC1. The third-order valence-electron chi connectivity index (χ3n) is 4.84. The topological polar surface area (TPSA) is 15.3 Å². The molecule has 0 aromatic heterocycles. The second kappa shape index (κ2) is 4.74. The normalized spacial score (nSPS) is 35.9. The number of piperazine rings is 1. The summed E-state index contributed by atoms with van der Waals surface area (Å²) in [6.45, 7) is 7.24. The predicted molar refractivity (Wildman–Crippen MR) is 72.0 cm³/mol. The lowest BCUT2D eigenvalue weighted by Crippen LogP contribution is -2.61. The molecule has 1 aliphatic heterocycles. The molecule has 2 unspecified atom stereocenters. The maximum absolute atomic E-state index is 3.80. The number of nitrogens with one attached hydrogen (secondary N) is 1. The molecule has 0 bridgehead atoms. The Morgan fingerprint density at radius 3 is 2.47 bits per heavy atom. The molecule has 1 N–H and O–H groups in total. The van der Waals surface area contributed by atoms with Gasteiger partial charge in [0.25, 0.3) is 0 Å². The van der Waals surface area contributed by atoms with Crippen LogP contribution in [0.4, 0.5) is 0 Å². The lowest BCUT2D eigenvalue weighted by Gasteiger charge is -2.45. The number of hydrogen-bond acceptors (Lipinski definition) is 2. The highest BCUT2D eigenvalue weighted by Gasteiger charge is 2.40. The molecule has 1 saturated carbocycles. The van der Waals surface area contributed by atoms with Crippen molar-refractivity contribution < 1.29 is 0 Å². The van der Waals surface area contributed by atoms with Crippen LogP contribution >= 0.6 is 0 Å². The van der Waals surface area contributed by atoms with E-state index in [0.717, 1.165) is 30.0 Å². The summed E-state index contributed by atoms with van der Waals surface area (Å²) >= 11 is 0. The average molecular weight is 234 g/mol. The van der Waals surface area contributed by atoms with Gasteiger partial charge in [0.2, 0.25) is 0 Å². The van der Waals surface area contributed by atoms with Gasteiger partial charge in [-0.1, -0.05) is 26.0 Å². The van der Waals surface area contributed by atoms with Crippen LogP contribution in [0.3, 0.4) is 0 Å². The quantitative estimate of drug-likeness (QED) is 0.754. The molecule has 2 aliphatic carbocycles. The van der Waals surface area contributed by atoms with Gasteiger partial charge < -0.3 is 5.32 Å². The van der Waals surface area contributed by atoms with Crippen LogP contribution < -0.4 is 5.32 Å². The number of hydrogen-bond donors (Lipinski definition) is 1. The van der Waals surface area contributed by atoms with E-state index in [1.165, 1.54) is 38.8 Å². The first-order chi connectivity index (χ1) is 8.25. The van der Waals surface area contributed by atoms with Gasteiger partial charge in [-0.05, 0) is 37.5 Å². The fourth-order valence-electron chi connectivity index (χ4n) is 3.54. The van der Waals surface area contributed by atoms with Crippen molar-refractivity contribution in [1.29, 1.82) is 0 Å². The molecule has 0 spiro atoms. The smallest absolute Gasteiger partial charge is 0.0247 e. The molecule has 3 rings (SSSR count). The summed E-state index contributed by atoms with van der Waals surface area (Å²) in [5, 5.41) is 3.80. The molecule has 3 aliphatic rings. The summed E-state index contributed by atoms with van der Waals surface area (Å²) in [6.07, 6.45) is 10.2. The Bertz CT molecular complexity index is 285. The van der Waals surface area contributed by atoms with E-state index in [1.54, 1.807) is 0 Å². The first-order valence-electron chi connectivity index (χ1n) is 7.40. The standard InChI is InChI=1S/C15H26N2/c1-11(2)15-9-16-14(12-7-8-12)10-17(15)13-5-3-4-6-13/h3-4,11-16H,5-10H2,1-2H3. The van der Waals surface area contributed by atoms with Crippen molar-refractivity contribution in [3.8, 4) is 0 Å². The first-order valence-corrected chi connectivity index (χ1v) is 7.40. The van der Waals surface area contributed by atoms with Gasteiger partial charge in [0.05, 0.1) is 0 Å². The second-order valence-corrected chi connectivity index (χ2v) is 6.46. The highest BCUT2D eigenvalue weighted by Crippen LogP contribution is 2.36. The largest absolute Gasteiger partial charge is 0.311 e. The summed E-state index contributed by atoms with van der Waals surface area (Å²) < 4.78 is 0. The number of rotatable bonds is 3. The van der Waals surface area contributed by atoms with Crippen molar-refractivity contribution in [2.45, 2.75) is 57.7 Å². The van der Waals surface area contributed by atoms with E-state index >= 15 is 0 Å². The summed E-state index contributed by atoms with van der Waals surface area (Å²) in [7, 11) is 0. The van der Waals surface area contributed by atoms with Crippen molar-refractivity contribution in [1.82, 2.24) is 10.2 Å². The lowest BCUT2D eigenvalue weighted by molar-refractivity contribution is 0.0552. The Hall–Kier alpha value is -0.340. The molecule has 2 nitrogen and oxygen atoms in total. The van der Waals surface area contributed by atoms with Crippen molar-refractivity contribution in [2.75, 3.05) is 13.1 Å². The highest BCUT2D eigenvalue weighted by molar-refractivity contribution is 5.04. The van der Waals surface area contributed by atoms with Crippen molar-refractivity contribution in [2.24, 2.45) is 11.8 Å². The van der Waals surface area contributed by atoms with Crippen LogP contribution in [0.15, 0.2) is 12.2 Å². The van der Waals surface area contributed by atoms with E-state index in [1.807, 2.05) is 0 Å². The van der Waals surface area contributed by atoms with Crippen LogP contribution in [-0.2, 0) is 0 Å². The zero-order valence-corrected chi connectivity index (χ0v) is 11.2. The Morgan fingerprint density at radius 1 is 1.18 bits per heavy atom. The summed E-state index contributed by atoms with van der Waals surface area (Å²) in [4.78, 5) is 2.82. The zero-order valence-electron chi connectivity index (χ0n) is 11.2. The van der Waals surface area contributed by atoms with Gasteiger partial charge in [0.1, 0.15) is 0 Å². The van der Waals surface area contributed by atoms with Gasteiger partial charge >= 0.3 is 0 Å². The van der Waals surface area contributed by atoms with Crippen molar-refractivity contribution in [3.05, 3.63) is 12.2 Å². The molecule has 0 amide bonds. The van der Waals surface area contributed by atoms with Crippen LogP contribution in [0, 0.1) is 11.8 Å². The summed E-state index contributed by atoms with van der Waals surface area (Å²) in [6, 6.07) is 2.33. The second-order valence-electron chi connectivity index (χ2n) is 6.46. The molecule has 2 fully saturated rings. The van der Waals surface area contributed by atoms with Gasteiger partial charge in [-0.15, -0.1) is 0 Å². The minimum atomic E-state index is 0.745. The van der Waals surface area contributed by atoms with Gasteiger partial charge in [-0.25, -0.2) is 0 Å². The Kier molecular flexibility index (Phi) is 3.27. The fourth-order valence-corrected chi connectivity index (χ4v) is 3.54. The molecule has 17 heavy (non-hydrogen) atoms. The third-order valence-corrected chi connectivity index (χ3v) is 4.84. The van der Waals surface area contributed by atoms with Gasteiger partial charge in [-0.3, -0.25) is 4.90 Å². The monoisotopic (exact) mass is 234 g/mol. The molecule has 2 heteroatoms. The van der Waals surface area contributed by atoms with Crippen LogP contribution in [0.1, 0.15) is 39.5 Å². The summed E-state index contributed by atoms with van der Waals surface area (Å²) in [5.74, 6) is 1.75. The third kappa shape index (κ3) is 2.43. The van der Waals surface area contributed by atoms with Crippen LogP contribution in [-0.4, -0.2) is 36.1 Å². The van der Waals surface area contributed by atoms with Crippen LogP contribution in [0.25, 0.3) is 0 Å². The van der Waals surface area contributed by atoms with Crippen LogP contribution in [0.5, 0.6) is 0 Å². The minimum Gasteiger partial charge on any atom is -0.311 e. The van der Waals surface area contributed by atoms with Crippen LogP contribution in [0.2, 0.25) is 0 Å². The van der Waals surface area contributed by atoms with E-state index in [2.05, 4.69) is 36.2 Å². The molecule has 0 radical (unpaired) electrons. The molecule has 1 heterocycles. The Balaban J connectivity index is 1.68. The Labute approximate surface area is 105 Å². The van der Waals surface area contributed by atoms with Crippen molar-refractivity contribution in [3.63, 3.8) is 0 Å². The van der Waals surface area contributed by atoms with E-state index in [4.69, 9.17) is 0 Å². The van der Waals surface area contributed by atoms with Gasteiger partial charge in [0, 0.05) is 31.2 Å². The van der Waals surface area contributed by atoms with E-state index < -0.39 is 0 Å². The molecule has 0 aromatic rings. The predicted octanol–water partition coefficient (Wildman–Crippen LogP) is 2.41. The molecule has 2 atom stereocenters. The average Bonchev–Trinajstić information content (AvgIpc) is 3.04. The molecule has 96 valence electrons. The first kappa shape index (κ1) is 11.7. The highest BCUT2D eigenvalue weighted by atomic mass is 15.3. The lowest BCUT2D eigenvalue weighted by atomic mass is 9.94. The molecular formula is C15H26N2. The molecular weight excluding hydrogens is 208 g/mol. The molecule has 0 aromatic carbocycles. The Morgan fingerprint density at radius 2 is 1.88 bits per heavy atom. The molecule has 1 saturated heterocycles. The number of nitrogens with zero attached hydrogens (tertiary/aromatic N) is 1. The van der Waals surface area contributed by atoms with Gasteiger partial charge in [-0.2, -0.15) is 0 Å². The zero-order chi connectivity index (χ0) is 11.8. The van der Waals surface area contributed by atoms with E-state index in [9.17, 15) is 0 Å². The summed E-state index contributed by atoms with van der Waals surface area (Å²) in [5.41, 5.74) is 0. The fraction of sp³-hybridized carbons (Fsp3) is 0.867. The van der Waals surface area contributed by atoms with Gasteiger partial charge in [0.15, 0.2) is 0 Å². The van der Waals surface area contributed by atoms with E-state index in [0.29, 0.717) is 0 Å². The minimum absolute atomic E-state index is 0.745. The van der Waals surface area contributed by atoms with Crippen molar-refractivity contribution >= 4 is 0 Å². The maximum atomic E-state index is 3.80. The van der Waals surface area contributed by atoms with E-state index in [-0.39, 0.29) is 0 Å². The maximum Gasteiger partial charge on any atom is 0.0247 e.